The average molecular weight is 268 g/mol. The first-order valence-corrected chi connectivity index (χ1v) is 6.93. The van der Waals surface area contributed by atoms with Crippen molar-refractivity contribution in [3.05, 3.63) is 46.6 Å². The Bertz CT molecular complexity index is 689. The van der Waals surface area contributed by atoms with Crippen molar-refractivity contribution < 1.29 is 0 Å². The normalized spacial score (nSPS) is 14.2. The summed E-state index contributed by atoms with van der Waals surface area (Å²) in [7, 11) is 0. The van der Waals surface area contributed by atoms with Crippen LogP contribution in [0.3, 0.4) is 0 Å². The predicted molar refractivity (Wildman–Crippen MR) is 74.6 cm³/mol. The van der Waals surface area contributed by atoms with E-state index >= 15 is 0 Å². The number of hydrogen-bond donors (Lipinski definition) is 0. The zero-order valence-corrected chi connectivity index (χ0v) is 11.2. The van der Waals surface area contributed by atoms with Gasteiger partial charge in [-0.2, -0.15) is 10.4 Å². The van der Waals surface area contributed by atoms with E-state index in [1.165, 1.54) is 4.68 Å². The van der Waals surface area contributed by atoms with Gasteiger partial charge in [0.05, 0.1) is 11.8 Å². The summed E-state index contributed by atoms with van der Waals surface area (Å²) in [5.74, 6) is 1.26. The number of para-hydroxylation sites is 1. The molecular formula is C15H16N4O. The largest absolute Gasteiger partial charge is 0.350 e. The maximum atomic E-state index is 12.5. The second kappa shape index (κ2) is 5.33. The van der Waals surface area contributed by atoms with Crippen LogP contribution in [0.15, 0.2) is 35.1 Å². The van der Waals surface area contributed by atoms with Crippen molar-refractivity contribution in [1.29, 1.82) is 5.26 Å². The van der Waals surface area contributed by atoms with Crippen LogP contribution in [-0.2, 0) is 6.54 Å². The lowest BCUT2D eigenvalue weighted by atomic mass is 10.3. The fourth-order valence-electron chi connectivity index (χ4n) is 2.30. The molecule has 0 amide bonds. The highest BCUT2D eigenvalue weighted by Gasteiger charge is 2.31. The minimum Gasteiger partial charge on any atom is -0.247 e. The lowest BCUT2D eigenvalue weighted by Gasteiger charge is -2.03. The Morgan fingerprint density at radius 2 is 2.05 bits per heavy atom. The second-order valence-corrected chi connectivity index (χ2v) is 5.07. The van der Waals surface area contributed by atoms with Gasteiger partial charge in [-0.25, -0.2) is 14.0 Å². The first kappa shape index (κ1) is 12.7. The molecule has 1 aromatic carbocycles. The van der Waals surface area contributed by atoms with Crippen LogP contribution in [0, 0.1) is 11.3 Å². The zero-order valence-electron chi connectivity index (χ0n) is 11.2. The Morgan fingerprint density at radius 3 is 2.70 bits per heavy atom. The van der Waals surface area contributed by atoms with E-state index < -0.39 is 0 Å². The Labute approximate surface area is 117 Å². The molecule has 0 spiro atoms. The number of aromatic nitrogens is 3. The summed E-state index contributed by atoms with van der Waals surface area (Å²) in [6, 6.07) is 11.7. The van der Waals surface area contributed by atoms with E-state index in [0.29, 0.717) is 25.3 Å². The molecule has 0 bridgehead atoms. The summed E-state index contributed by atoms with van der Waals surface area (Å²) in [6.07, 6.45) is 3.30. The zero-order chi connectivity index (χ0) is 13.9. The number of aryl methyl sites for hydroxylation is 1. The van der Waals surface area contributed by atoms with Crippen molar-refractivity contribution in [2.45, 2.75) is 38.1 Å². The molecule has 20 heavy (non-hydrogen) atoms. The SMILES string of the molecule is N#CCCCn1nc(C2CC2)n(-c2ccccc2)c1=O. The van der Waals surface area contributed by atoms with E-state index in [4.69, 9.17) is 5.26 Å². The van der Waals surface area contributed by atoms with Crippen LogP contribution in [0.5, 0.6) is 0 Å². The van der Waals surface area contributed by atoms with Crippen molar-refractivity contribution in [1.82, 2.24) is 14.3 Å². The molecule has 1 heterocycles. The van der Waals surface area contributed by atoms with E-state index in [9.17, 15) is 4.79 Å². The van der Waals surface area contributed by atoms with E-state index in [1.54, 1.807) is 4.57 Å². The van der Waals surface area contributed by atoms with Crippen molar-refractivity contribution >= 4 is 0 Å². The molecule has 0 atom stereocenters. The monoisotopic (exact) mass is 268 g/mol. The number of nitrogens with zero attached hydrogens (tertiary/aromatic N) is 4. The summed E-state index contributed by atoms with van der Waals surface area (Å²) in [4.78, 5) is 12.5. The fraction of sp³-hybridized carbons (Fsp3) is 0.400. The van der Waals surface area contributed by atoms with Crippen LogP contribution in [0.2, 0.25) is 0 Å². The van der Waals surface area contributed by atoms with Gasteiger partial charge in [0.1, 0.15) is 5.82 Å². The second-order valence-electron chi connectivity index (χ2n) is 5.07. The Hall–Kier alpha value is -2.35. The van der Waals surface area contributed by atoms with E-state index in [1.807, 2.05) is 30.3 Å². The Morgan fingerprint density at radius 1 is 1.30 bits per heavy atom. The van der Waals surface area contributed by atoms with Crippen molar-refractivity contribution in [2.75, 3.05) is 0 Å². The highest BCUT2D eigenvalue weighted by molar-refractivity contribution is 5.33. The van der Waals surface area contributed by atoms with Gasteiger partial charge in [-0.1, -0.05) is 18.2 Å². The number of rotatable bonds is 5. The van der Waals surface area contributed by atoms with E-state index in [2.05, 4.69) is 11.2 Å². The molecule has 1 aliphatic carbocycles. The van der Waals surface area contributed by atoms with Gasteiger partial charge in [0.25, 0.3) is 0 Å². The minimum absolute atomic E-state index is 0.101. The summed E-state index contributed by atoms with van der Waals surface area (Å²) in [5, 5.41) is 13.1. The molecule has 3 rings (SSSR count). The van der Waals surface area contributed by atoms with Gasteiger partial charge in [0.2, 0.25) is 0 Å². The van der Waals surface area contributed by atoms with Crippen molar-refractivity contribution in [3.8, 4) is 11.8 Å². The van der Waals surface area contributed by atoms with Crippen LogP contribution < -0.4 is 5.69 Å². The summed E-state index contributed by atoms with van der Waals surface area (Å²) in [5.41, 5.74) is 0.766. The van der Waals surface area contributed by atoms with Crippen LogP contribution in [0.1, 0.15) is 37.4 Å². The molecule has 5 heteroatoms. The van der Waals surface area contributed by atoms with Crippen molar-refractivity contribution in [3.63, 3.8) is 0 Å². The summed E-state index contributed by atoms with van der Waals surface area (Å²) in [6.45, 7) is 0.506. The van der Waals surface area contributed by atoms with Gasteiger partial charge in [0.15, 0.2) is 0 Å². The average Bonchev–Trinajstić information content (AvgIpc) is 3.26. The van der Waals surface area contributed by atoms with Crippen molar-refractivity contribution in [2.24, 2.45) is 0 Å². The first-order chi connectivity index (χ1) is 9.81. The molecule has 1 saturated carbocycles. The molecule has 1 aromatic heterocycles. The van der Waals surface area contributed by atoms with Gasteiger partial charge in [0, 0.05) is 18.9 Å². The summed E-state index contributed by atoms with van der Waals surface area (Å²) >= 11 is 0. The van der Waals surface area contributed by atoms with Crippen LogP contribution in [0.4, 0.5) is 0 Å². The van der Waals surface area contributed by atoms with Gasteiger partial charge in [-0.15, -0.1) is 0 Å². The van der Waals surface area contributed by atoms with E-state index in [-0.39, 0.29) is 5.69 Å². The fourth-order valence-corrected chi connectivity index (χ4v) is 2.30. The topological polar surface area (TPSA) is 63.6 Å². The molecule has 0 unspecified atom stereocenters. The molecule has 2 aromatic rings. The predicted octanol–water partition coefficient (Wildman–Crippen LogP) is 2.22. The number of nitriles is 1. The lowest BCUT2D eigenvalue weighted by Crippen LogP contribution is -2.24. The van der Waals surface area contributed by atoms with Crippen LogP contribution in [-0.4, -0.2) is 14.3 Å². The third-order valence-electron chi connectivity index (χ3n) is 3.48. The third-order valence-corrected chi connectivity index (χ3v) is 3.48. The molecule has 0 N–H and O–H groups in total. The number of benzene rings is 1. The van der Waals surface area contributed by atoms with E-state index in [0.717, 1.165) is 24.4 Å². The number of unbranched alkanes of at least 4 members (excludes halogenated alkanes) is 1. The summed E-state index contributed by atoms with van der Waals surface area (Å²) < 4.78 is 3.21. The maximum absolute atomic E-state index is 12.5. The molecule has 0 radical (unpaired) electrons. The quantitative estimate of drug-likeness (QED) is 0.781. The third kappa shape index (κ3) is 2.37. The number of hydrogen-bond acceptors (Lipinski definition) is 3. The minimum atomic E-state index is -0.101. The van der Waals surface area contributed by atoms with Gasteiger partial charge < -0.3 is 0 Å². The highest BCUT2D eigenvalue weighted by Crippen LogP contribution is 2.39. The molecule has 5 nitrogen and oxygen atoms in total. The first-order valence-electron chi connectivity index (χ1n) is 6.93. The molecule has 1 fully saturated rings. The van der Waals surface area contributed by atoms with Gasteiger partial charge >= 0.3 is 5.69 Å². The standard InChI is InChI=1S/C15H16N4O/c16-10-4-5-11-18-15(20)19(13-6-2-1-3-7-13)14(17-18)12-8-9-12/h1-3,6-7,12H,4-5,8-9,11H2. The molecular weight excluding hydrogens is 252 g/mol. The van der Waals surface area contributed by atoms with Gasteiger partial charge in [-0.3, -0.25) is 0 Å². The molecule has 0 aliphatic heterocycles. The molecule has 1 aliphatic rings. The Balaban J connectivity index is 2.00. The Kier molecular flexibility index (Phi) is 3.38. The lowest BCUT2D eigenvalue weighted by molar-refractivity contribution is 0.560. The molecule has 0 saturated heterocycles. The highest BCUT2D eigenvalue weighted by atomic mass is 16.2. The smallest absolute Gasteiger partial charge is 0.247 e. The van der Waals surface area contributed by atoms with Crippen LogP contribution >= 0.6 is 0 Å². The van der Waals surface area contributed by atoms with Crippen LogP contribution in [0.25, 0.3) is 5.69 Å². The molecule has 102 valence electrons. The maximum Gasteiger partial charge on any atom is 0.350 e. The van der Waals surface area contributed by atoms with Gasteiger partial charge in [-0.05, 0) is 31.4 Å².